The van der Waals surface area contributed by atoms with E-state index in [-0.39, 0.29) is 24.2 Å². The average molecular weight is 306 g/mol. The molecule has 1 aromatic carbocycles. The number of carbonyl (C=O) groups excluding carboxylic acids is 2. The van der Waals surface area contributed by atoms with Crippen molar-refractivity contribution in [2.24, 2.45) is 5.73 Å². The Labute approximate surface area is 123 Å². The highest BCUT2D eigenvalue weighted by molar-refractivity contribution is 6.34. The summed E-state index contributed by atoms with van der Waals surface area (Å²) >= 11 is 5.95. The zero-order valence-corrected chi connectivity index (χ0v) is 12.5. The van der Waals surface area contributed by atoms with Crippen LogP contribution in [0.25, 0.3) is 0 Å². The molecule has 0 aliphatic heterocycles. The molecule has 0 aliphatic carbocycles. The predicted octanol–water partition coefficient (Wildman–Crippen LogP) is 1.75. The molecule has 0 spiro atoms. The van der Waals surface area contributed by atoms with Gasteiger partial charge in [0.05, 0.1) is 16.6 Å². The summed E-state index contributed by atoms with van der Waals surface area (Å²) in [6, 6.07) is 4.10. The van der Waals surface area contributed by atoms with Crippen LogP contribution in [0.2, 0.25) is 5.02 Å². The highest BCUT2D eigenvalue weighted by Crippen LogP contribution is 2.21. The fourth-order valence-corrected chi connectivity index (χ4v) is 1.46. The Bertz CT molecular complexity index is 476. The summed E-state index contributed by atoms with van der Waals surface area (Å²) in [5, 5.41) is 2.95. The molecule has 0 radical (unpaired) electrons. The summed E-state index contributed by atoms with van der Waals surface area (Å²) in [4.78, 5) is 24.7. The minimum atomic E-state index is -0.617. The number of hydrogen-bond acceptors (Lipinski definition) is 3. The highest BCUT2D eigenvalue weighted by atomic mass is 35.5. The van der Waals surface area contributed by atoms with E-state index in [0.29, 0.717) is 16.3 Å². The summed E-state index contributed by atoms with van der Waals surface area (Å²) in [6.07, 6.45) is 0. The van der Waals surface area contributed by atoms with Crippen molar-refractivity contribution >= 4 is 41.5 Å². The summed E-state index contributed by atoms with van der Waals surface area (Å²) in [5.74, 6) is -0.544. The van der Waals surface area contributed by atoms with Crippen molar-refractivity contribution < 1.29 is 9.59 Å². The molecule has 0 aliphatic rings. The molecule has 2 amide bonds. The van der Waals surface area contributed by atoms with E-state index < -0.39 is 6.04 Å². The van der Waals surface area contributed by atoms with Crippen LogP contribution >= 0.6 is 24.0 Å². The molecular weight excluding hydrogens is 289 g/mol. The van der Waals surface area contributed by atoms with Crippen LogP contribution in [0.15, 0.2) is 18.2 Å². The topological polar surface area (TPSA) is 75.4 Å². The molecule has 19 heavy (non-hydrogen) atoms. The Morgan fingerprint density at radius 2 is 1.95 bits per heavy atom. The molecule has 106 valence electrons. The first kappa shape index (κ1) is 17.7. The smallest absolute Gasteiger partial charge is 0.254 e. The van der Waals surface area contributed by atoms with E-state index >= 15 is 0 Å². The molecule has 0 aromatic heterocycles. The van der Waals surface area contributed by atoms with Crippen LogP contribution in [-0.2, 0) is 4.79 Å². The van der Waals surface area contributed by atoms with Gasteiger partial charge < -0.3 is 16.0 Å². The van der Waals surface area contributed by atoms with Crippen molar-refractivity contribution in [1.82, 2.24) is 4.90 Å². The van der Waals surface area contributed by atoms with Gasteiger partial charge in [0.2, 0.25) is 5.91 Å². The second-order valence-electron chi connectivity index (χ2n) is 4.17. The quantitative estimate of drug-likeness (QED) is 0.893. The van der Waals surface area contributed by atoms with Crippen LogP contribution in [0.5, 0.6) is 0 Å². The molecule has 3 N–H and O–H groups in total. The number of anilines is 1. The second kappa shape index (κ2) is 7.33. The van der Waals surface area contributed by atoms with Crippen LogP contribution < -0.4 is 11.1 Å². The molecule has 0 saturated carbocycles. The normalized spacial score (nSPS) is 11.2. The van der Waals surface area contributed by atoms with Gasteiger partial charge in [-0.05, 0) is 25.1 Å². The van der Waals surface area contributed by atoms with E-state index in [1.165, 1.54) is 11.0 Å². The number of nitrogens with two attached hydrogens (primary N) is 1. The first-order valence-corrected chi connectivity index (χ1v) is 5.78. The number of carbonyl (C=O) groups is 2. The summed E-state index contributed by atoms with van der Waals surface area (Å²) < 4.78 is 0. The van der Waals surface area contributed by atoms with Crippen LogP contribution in [-0.4, -0.2) is 36.9 Å². The van der Waals surface area contributed by atoms with Gasteiger partial charge in [-0.3, -0.25) is 9.59 Å². The van der Waals surface area contributed by atoms with Crippen molar-refractivity contribution in [3.63, 3.8) is 0 Å². The number of amides is 2. The monoisotopic (exact) mass is 305 g/mol. The molecule has 0 saturated heterocycles. The average Bonchev–Trinajstić information content (AvgIpc) is 2.30. The summed E-state index contributed by atoms with van der Waals surface area (Å²) in [5.41, 5.74) is 6.28. The van der Waals surface area contributed by atoms with Crippen LogP contribution in [0, 0.1) is 0 Å². The van der Waals surface area contributed by atoms with Crippen molar-refractivity contribution in [3.8, 4) is 0 Å². The third-order valence-electron chi connectivity index (χ3n) is 2.28. The zero-order chi connectivity index (χ0) is 13.9. The maximum Gasteiger partial charge on any atom is 0.254 e. The van der Waals surface area contributed by atoms with E-state index in [1.807, 2.05) is 0 Å². The Morgan fingerprint density at radius 3 is 2.42 bits per heavy atom. The molecule has 0 unspecified atom stereocenters. The largest absolute Gasteiger partial charge is 0.345 e. The third-order valence-corrected chi connectivity index (χ3v) is 2.61. The van der Waals surface area contributed by atoms with Gasteiger partial charge >= 0.3 is 0 Å². The van der Waals surface area contributed by atoms with E-state index in [9.17, 15) is 9.59 Å². The standard InChI is InChI=1S/C12H16ClN3O2.ClH/c1-7(14)11(17)15-8-4-5-10(13)9(6-8)12(18)16(2)3;/h4-7H,14H2,1-3H3,(H,15,17);1H/t7-;/m0./s1. The van der Waals surface area contributed by atoms with Crippen LogP contribution in [0.4, 0.5) is 5.69 Å². The fraction of sp³-hybridized carbons (Fsp3) is 0.333. The predicted molar refractivity (Wildman–Crippen MR) is 79.0 cm³/mol. The highest BCUT2D eigenvalue weighted by Gasteiger charge is 2.14. The molecule has 5 nitrogen and oxygen atoms in total. The van der Waals surface area contributed by atoms with E-state index in [0.717, 1.165) is 0 Å². The van der Waals surface area contributed by atoms with Crippen molar-refractivity contribution in [3.05, 3.63) is 28.8 Å². The number of nitrogens with zero attached hydrogens (tertiary/aromatic N) is 1. The maximum absolute atomic E-state index is 11.8. The van der Waals surface area contributed by atoms with Gasteiger partial charge in [0, 0.05) is 19.8 Å². The molecule has 0 heterocycles. The zero-order valence-electron chi connectivity index (χ0n) is 10.9. The maximum atomic E-state index is 11.8. The van der Waals surface area contributed by atoms with Crippen molar-refractivity contribution in [1.29, 1.82) is 0 Å². The lowest BCUT2D eigenvalue weighted by Crippen LogP contribution is -2.32. The van der Waals surface area contributed by atoms with Crippen molar-refractivity contribution in [2.45, 2.75) is 13.0 Å². The molecule has 1 rings (SSSR count). The van der Waals surface area contributed by atoms with Gasteiger partial charge in [0.15, 0.2) is 0 Å². The molecule has 1 atom stereocenters. The first-order valence-electron chi connectivity index (χ1n) is 5.40. The summed E-state index contributed by atoms with van der Waals surface area (Å²) in [7, 11) is 3.26. The van der Waals surface area contributed by atoms with E-state index in [4.69, 9.17) is 17.3 Å². The fourth-order valence-electron chi connectivity index (χ4n) is 1.26. The minimum Gasteiger partial charge on any atom is -0.345 e. The lowest BCUT2D eigenvalue weighted by atomic mass is 10.1. The second-order valence-corrected chi connectivity index (χ2v) is 4.58. The number of benzene rings is 1. The number of nitrogens with one attached hydrogen (secondary N) is 1. The Balaban J connectivity index is 0.00000324. The number of halogens is 2. The first-order chi connectivity index (χ1) is 8.32. The molecule has 0 bridgehead atoms. The van der Waals surface area contributed by atoms with Gasteiger partial charge in [0.25, 0.3) is 5.91 Å². The van der Waals surface area contributed by atoms with Gasteiger partial charge in [-0.15, -0.1) is 12.4 Å². The number of hydrogen-bond donors (Lipinski definition) is 2. The molecular formula is C12H17Cl2N3O2. The van der Waals surface area contributed by atoms with Gasteiger partial charge in [-0.1, -0.05) is 11.6 Å². The van der Waals surface area contributed by atoms with Crippen LogP contribution in [0.1, 0.15) is 17.3 Å². The SMILES string of the molecule is C[C@H](N)C(=O)Nc1ccc(Cl)c(C(=O)N(C)C)c1.Cl. The Morgan fingerprint density at radius 1 is 1.37 bits per heavy atom. The van der Waals surface area contributed by atoms with Gasteiger partial charge in [-0.25, -0.2) is 0 Å². The molecule has 1 aromatic rings. The van der Waals surface area contributed by atoms with Crippen molar-refractivity contribution in [2.75, 3.05) is 19.4 Å². The number of rotatable bonds is 3. The summed E-state index contributed by atoms with van der Waals surface area (Å²) in [6.45, 7) is 1.58. The van der Waals surface area contributed by atoms with Gasteiger partial charge in [-0.2, -0.15) is 0 Å². The van der Waals surface area contributed by atoms with Gasteiger partial charge in [0.1, 0.15) is 0 Å². The molecule has 0 fully saturated rings. The lowest BCUT2D eigenvalue weighted by molar-refractivity contribution is -0.117. The van der Waals surface area contributed by atoms with Crippen LogP contribution in [0.3, 0.4) is 0 Å². The Kier molecular flexibility index (Phi) is 6.83. The Hall–Kier alpha value is -1.30. The van der Waals surface area contributed by atoms with E-state index in [2.05, 4.69) is 5.32 Å². The molecule has 7 heteroatoms. The lowest BCUT2D eigenvalue weighted by Gasteiger charge is -2.13. The minimum absolute atomic E-state index is 0. The van der Waals surface area contributed by atoms with E-state index in [1.54, 1.807) is 33.2 Å². The third kappa shape index (κ3) is 4.70.